The van der Waals surface area contributed by atoms with E-state index in [1.54, 1.807) is 0 Å². The van der Waals surface area contributed by atoms with Crippen molar-refractivity contribution < 1.29 is 5.11 Å². The lowest BCUT2D eigenvalue weighted by molar-refractivity contribution is 0.260. The summed E-state index contributed by atoms with van der Waals surface area (Å²) in [6, 6.07) is 8.95. The van der Waals surface area contributed by atoms with Crippen molar-refractivity contribution in [3.63, 3.8) is 0 Å². The largest absolute Gasteiger partial charge is 0.392 e. The van der Waals surface area contributed by atoms with E-state index in [-0.39, 0.29) is 6.61 Å². The van der Waals surface area contributed by atoms with Gasteiger partial charge in [0.15, 0.2) is 0 Å². The van der Waals surface area contributed by atoms with E-state index in [9.17, 15) is 5.11 Å². The van der Waals surface area contributed by atoms with Crippen molar-refractivity contribution >= 4 is 5.69 Å². The number of likely N-dealkylation sites (tertiary alicyclic amines) is 1. The zero-order chi connectivity index (χ0) is 12.4. The van der Waals surface area contributed by atoms with Gasteiger partial charge in [0, 0.05) is 30.4 Å². The number of anilines is 1. The van der Waals surface area contributed by atoms with Gasteiger partial charge < -0.3 is 10.0 Å². The lowest BCUT2D eigenvalue weighted by Gasteiger charge is -2.25. The summed E-state index contributed by atoms with van der Waals surface area (Å²) in [6.07, 6.45) is 3.99. The first kappa shape index (κ1) is 12.0. The number of aliphatic hydroxyl groups is 1. The Labute approximate surface area is 109 Å². The standard InChI is InChI=1S/C15H22N2O/c18-12-13-5-1-2-6-15(13)17-10-7-14(11-17)16-8-3-4-9-16/h1-2,5-6,14,18H,3-4,7-12H2. The molecule has 2 saturated heterocycles. The van der Waals surface area contributed by atoms with Gasteiger partial charge in [-0.25, -0.2) is 0 Å². The smallest absolute Gasteiger partial charge is 0.0702 e. The van der Waals surface area contributed by atoms with Crippen LogP contribution in [-0.2, 0) is 6.61 Å². The van der Waals surface area contributed by atoms with Crippen LogP contribution in [0.15, 0.2) is 24.3 Å². The van der Waals surface area contributed by atoms with Gasteiger partial charge in [0.1, 0.15) is 0 Å². The zero-order valence-electron chi connectivity index (χ0n) is 10.9. The highest BCUT2D eigenvalue weighted by molar-refractivity contribution is 5.54. The van der Waals surface area contributed by atoms with Crippen molar-refractivity contribution in [3.05, 3.63) is 29.8 Å². The Bertz CT molecular complexity index is 401. The van der Waals surface area contributed by atoms with E-state index in [1.807, 2.05) is 12.1 Å². The first-order valence-electron chi connectivity index (χ1n) is 7.06. The highest BCUT2D eigenvalue weighted by Crippen LogP contribution is 2.27. The Kier molecular flexibility index (Phi) is 3.52. The number of aliphatic hydroxyl groups excluding tert-OH is 1. The third-order valence-corrected chi connectivity index (χ3v) is 4.32. The molecule has 0 aromatic heterocycles. The van der Waals surface area contributed by atoms with Crippen molar-refractivity contribution in [2.24, 2.45) is 0 Å². The molecule has 0 amide bonds. The summed E-state index contributed by atoms with van der Waals surface area (Å²) >= 11 is 0. The van der Waals surface area contributed by atoms with Gasteiger partial charge in [-0.1, -0.05) is 18.2 Å². The topological polar surface area (TPSA) is 26.7 Å². The first-order chi connectivity index (χ1) is 8.88. The number of para-hydroxylation sites is 1. The summed E-state index contributed by atoms with van der Waals surface area (Å²) in [6.45, 7) is 4.94. The van der Waals surface area contributed by atoms with Crippen molar-refractivity contribution in [1.82, 2.24) is 4.90 Å². The first-order valence-corrected chi connectivity index (χ1v) is 7.06. The molecule has 0 bridgehead atoms. The summed E-state index contributed by atoms with van der Waals surface area (Å²) in [4.78, 5) is 5.08. The van der Waals surface area contributed by atoms with E-state index in [0.717, 1.165) is 24.7 Å². The van der Waals surface area contributed by atoms with Gasteiger partial charge in [-0.2, -0.15) is 0 Å². The molecule has 1 atom stereocenters. The van der Waals surface area contributed by atoms with Crippen LogP contribution in [-0.4, -0.2) is 42.2 Å². The fourth-order valence-electron chi connectivity index (χ4n) is 3.32. The maximum absolute atomic E-state index is 9.42. The fourth-order valence-corrected chi connectivity index (χ4v) is 3.32. The molecule has 2 aliphatic heterocycles. The third kappa shape index (κ3) is 2.25. The second kappa shape index (κ2) is 5.29. The number of hydrogen-bond acceptors (Lipinski definition) is 3. The fraction of sp³-hybridized carbons (Fsp3) is 0.600. The molecule has 18 heavy (non-hydrogen) atoms. The van der Waals surface area contributed by atoms with Gasteiger partial charge in [0.05, 0.1) is 6.61 Å². The second-order valence-electron chi connectivity index (χ2n) is 5.42. The van der Waals surface area contributed by atoms with Crippen LogP contribution in [0.4, 0.5) is 5.69 Å². The Morgan fingerprint density at radius 2 is 1.89 bits per heavy atom. The van der Waals surface area contributed by atoms with Gasteiger partial charge in [-0.05, 0) is 38.4 Å². The van der Waals surface area contributed by atoms with Crippen LogP contribution < -0.4 is 4.90 Å². The number of hydrogen-bond donors (Lipinski definition) is 1. The van der Waals surface area contributed by atoms with E-state index < -0.39 is 0 Å². The number of nitrogens with zero attached hydrogens (tertiary/aromatic N) is 2. The average molecular weight is 246 g/mol. The molecule has 2 heterocycles. The van der Waals surface area contributed by atoms with Gasteiger partial charge in [0.2, 0.25) is 0 Å². The van der Waals surface area contributed by atoms with Crippen molar-refractivity contribution in [2.45, 2.75) is 31.9 Å². The quantitative estimate of drug-likeness (QED) is 0.882. The minimum atomic E-state index is 0.140. The third-order valence-electron chi connectivity index (χ3n) is 4.32. The van der Waals surface area contributed by atoms with Crippen LogP contribution in [0.2, 0.25) is 0 Å². The molecule has 0 spiro atoms. The molecule has 0 saturated carbocycles. The molecule has 2 aliphatic rings. The Hall–Kier alpha value is -1.06. The van der Waals surface area contributed by atoms with Gasteiger partial charge >= 0.3 is 0 Å². The minimum Gasteiger partial charge on any atom is -0.392 e. The lowest BCUT2D eigenvalue weighted by atomic mass is 10.1. The summed E-state index contributed by atoms with van der Waals surface area (Å²) in [7, 11) is 0. The zero-order valence-corrected chi connectivity index (χ0v) is 10.9. The molecule has 3 rings (SSSR count). The Morgan fingerprint density at radius 3 is 2.67 bits per heavy atom. The molecule has 2 fully saturated rings. The van der Waals surface area contributed by atoms with Crippen LogP contribution in [0.1, 0.15) is 24.8 Å². The Balaban J connectivity index is 1.71. The van der Waals surface area contributed by atoms with Crippen molar-refractivity contribution in [3.8, 4) is 0 Å². The van der Waals surface area contributed by atoms with E-state index in [1.165, 1.54) is 38.0 Å². The molecule has 1 aromatic rings. The highest BCUT2D eigenvalue weighted by Gasteiger charge is 2.29. The second-order valence-corrected chi connectivity index (χ2v) is 5.42. The van der Waals surface area contributed by atoms with Crippen LogP contribution in [0.3, 0.4) is 0 Å². The highest BCUT2D eigenvalue weighted by atomic mass is 16.3. The molecule has 1 N–H and O–H groups in total. The molecular formula is C15H22N2O. The monoisotopic (exact) mass is 246 g/mol. The molecule has 3 nitrogen and oxygen atoms in total. The SMILES string of the molecule is OCc1ccccc1N1CCC(N2CCCC2)C1. The van der Waals surface area contributed by atoms with Crippen molar-refractivity contribution in [2.75, 3.05) is 31.1 Å². The van der Waals surface area contributed by atoms with Crippen LogP contribution in [0.5, 0.6) is 0 Å². The average Bonchev–Trinajstić information content (AvgIpc) is 3.09. The normalized spacial score (nSPS) is 24.9. The van der Waals surface area contributed by atoms with E-state index in [0.29, 0.717) is 0 Å². The Morgan fingerprint density at radius 1 is 1.11 bits per heavy atom. The number of rotatable bonds is 3. The number of benzene rings is 1. The van der Waals surface area contributed by atoms with Gasteiger partial charge in [-0.15, -0.1) is 0 Å². The molecule has 0 radical (unpaired) electrons. The summed E-state index contributed by atoms with van der Waals surface area (Å²) < 4.78 is 0. The van der Waals surface area contributed by atoms with Crippen LogP contribution in [0, 0.1) is 0 Å². The predicted molar refractivity (Wildman–Crippen MR) is 73.8 cm³/mol. The summed E-state index contributed by atoms with van der Waals surface area (Å²) in [5.74, 6) is 0. The van der Waals surface area contributed by atoms with E-state index >= 15 is 0 Å². The summed E-state index contributed by atoms with van der Waals surface area (Å²) in [5, 5.41) is 9.42. The summed E-state index contributed by atoms with van der Waals surface area (Å²) in [5.41, 5.74) is 2.28. The minimum absolute atomic E-state index is 0.140. The molecule has 1 unspecified atom stereocenters. The molecule has 1 aromatic carbocycles. The maximum Gasteiger partial charge on any atom is 0.0702 e. The van der Waals surface area contributed by atoms with Crippen LogP contribution in [0.25, 0.3) is 0 Å². The van der Waals surface area contributed by atoms with Crippen LogP contribution >= 0.6 is 0 Å². The maximum atomic E-state index is 9.42. The van der Waals surface area contributed by atoms with Gasteiger partial charge in [0.25, 0.3) is 0 Å². The molecule has 0 aliphatic carbocycles. The van der Waals surface area contributed by atoms with E-state index in [4.69, 9.17) is 0 Å². The molecule has 3 heteroatoms. The molecular weight excluding hydrogens is 224 g/mol. The lowest BCUT2D eigenvalue weighted by Crippen LogP contribution is -2.35. The molecule has 98 valence electrons. The predicted octanol–water partition coefficient (Wildman–Crippen LogP) is 1.85. The van der Waals surface area contributed by atoms with Crippen molar-refractivity contribution in [1.29, 1.82) is 0 Å². The van der Waals surface area contributed by atoms with Gasteiger partial charge in [-0.3, -0.25) is 4.90 Å². The van der Waals surface area contributed by atoms with E-state index in [2.05, 4.69) is 21.9 Å².